The Bertz CT molecular complexity index is 779. The fourth-order valence-electron chi connectivity index (χ4n) is 3.51. The normalized spacial score (nSPS) is 16.8. The lowest BCUT2D eigenvalue weighted by atomic mass is 10.1. The minimum absolute atomic E-state index is 0.0369. The number of pyridine rings is 1. The average Bonchev–Trinajstić information content (AvgIpc) is 2.88. The largest absolute Gasteiger partial charge is 0.313 e. The van der Waals surface area contributed by atoms with Crippen LogP contribution in [0.4, 0.5) is 0 Å². The summed E-state index contributed by atoms with van der Waals surface area (Å²) >= 11 is 0. The Balaban J connectivity index is 1.51. The van der Waals surface area contributed by atoms with Gasteiger partial charge >= 0.3 is 0 Å². The summed E-state index contributed by atoms with van der Waals surface area (Å²) < 4.78 is 27.5. The molecule has 2 aromatic rings. The third-order valence-electron chi connectivity index (χ3n) is 4.80. The van der Waals surface area contributed by atoms with Crippen molar-refractivity contribution in [2.24, 2.45) is 0 Å². The molecule has 136 valence electrons. The smallest absolute Gasteiger partial charge is 0.215 e. The second-order valence-electron chi connectivity index (χ2n) is 6.79. The molecule has 0 bridgehead atoms. The molecule has 1 aromatic carbocycles. The zero-order valence-corrected chi connectivity index (χ0v) is 15.4. The van der Waals surface area contributed by atoms with Crippen LogP contribution in [0.3, 0.4) is 0 Å². The Morgan fingerprint density at radius 3 is 2.56 bits per heavy atom. The molecule has 5 nitrogen and oxygen atoms in total. The maximum atomic E-state index is 12.4. The molecule has 2 N–H and O–H groups in total. The van der Waals surface area contributed by atoms with Crippen molar-refractivity contribution in [1.29, 1.82) is 0 Å². The van der Waals surface area contributed by atoms with Crippen LogP contribution in [0.15, 0.2) is 36.5 Å². The molecule has 0 atom stereocenters. The van der Waals surface area contributed by atoms with E-state index < -0.39 is 10.0 Å². The Hall–Kier alpha value is -1.50. The van der Waals surface area contributed by atoms with E-state index in [4.69, 9.17) is 0 Å². The van der Waals surface area contributed by atoms with E-state index in [-0.39, 0.29) is 5.75 Å². The molecule has 3 rings (SSSR count). The van der Waals surface area contributed by atoms with Gasteiger partial charge in [-0.2, -0.15) is 0 Å². The van der Waals surface area contributed by atoms with Gasteiger partial charge in [0.15, 0.2) is 0 Å². The van der Waals surface area contributed by atoms with E-state index in [0.29, 0.717) is 19.1 Å². The quantitative estimate of drug-likeness (QED) is 0.587. The molecule has 1 aliphatic rings. The number of fused-ring (bicyclic) bond motifs is 1. The predicted octanol–water partition coefficient (Wildman–Crippen LogP) is 2.97. The average molecular weight is 362 g/mol. The van der Waals surface area contributed by atoms with Gasteiger partial charge in [-0.15, -0.1) is 0 Å². The third kappa shape index (κ3) is 5.49. The second kappa shape index (κ2) is 8.74. The first-order valence-electron chi connectivity index (χ1n) is 9.17. The molecule has 25 heavy (non-hydrogen) atoms. The van der Waals surface area contributed by atoms with Crippen LogP contribution in [0.1, 0.15) is 44.1 Å². The van der Waals surface area contributed by atoms with E-state index in [1.807, 2.05) is 30.3 Å². The molecule has 1 heterocycles. The van der Waals surface area contributed by atoms with Crippen molar-refractivity contribution in [3.05, 3.63) is 42.1 Å². The SMILES string of the molecule is O=S(=O)(Cc1cccc2cccnc12)NCCNC1CCCCCC1. The van der Waals surface area contributed by atoms with Gasteiger partial charge in [0.1, 0.15) is 0 Å². The third-order valence-corrected chi connectivity index (χ3v) is 6.13. The molecule has 0 saturated heterocycles. The van der Waals surface area contributed by atoms with E-state index in [1.165, 1.54) is 38.5 Å². The summed E-state index contributed by atoms with van der Waals surface area (Å²) in [5, 5.41) is 4.45. The number of para-hydroxylation sites is 1. The van der Waals surface area contributed by atoms with Crippen LogP contribution >= 0.6 is 0 Å². The molecule has 0 aliphatic heterocycles. The lowest BCUT2D eigenvalue weighted by Gasteiger charge is -2.16. The summed E-state index contributed by atoms with van der Waals surface area (Å²) in [7, 11) is -3.37. The zero-order valence-electron chi connectivity index (χ0n) is 14.6. The molecule has 1 aromatic heterocycles. The van der Waals surface area contributed by atoms with E-state index >= 15 is 0 Å². The predicted molar refractivity (Wildman–Crippen MR) is 102 cm³/mol. The summed E-state index contributed by atoms with van der Waals surface area (Å²) in [4.78, 5) is 4.33. The lowest BCUT2D eigenvalue weighted by molar-refractivity contribution is 0.461. The van der Waals surface area contributed by atoms with Gasteiger partial charge in [0.25, 0.3) is 0 Å². The maximum Gasteiger partial charge on any atom is 0.215 e. The number of nitrogens with zero attached hydrogens (tertiary/aromatic N) is 1. The van der Waals surface area contributed by atoms with Crippen LogP contribution in [-0.4, -0.2) is 32.5 Å². The topological polar surface area (TPSA) is 71.1 Å². The van der Waals surface area contributed by atoms with Crippen LogP contribution in [0.25, 0.3) is 10.9 Å². The summed E-state index contributed by atoms with van der Waals surface area (Å²) in [6, 6.07) is 10.00. The van der Waals surface area contributed by atoms with Crippen LogP contribution in [-0.2, 0) is 15.8 Å². The molecule has 1 aliphatic carbocycles. The number of rotatable bonds is 7. The monoisotopic (exact) mass is 361 g/mol. The summed E-state index contributed by atoms with van der Waals surface area (Å²) in [5.41, 5.74) is 1.49. The van der Waals surface area contributed by atoms with E-state index in [2.05, 4.69) is 15.0 Å². The van der Waals surface area contributed by atoms with Gasteiger partial charge in [0, 0.05) is 30.7 Å². The maximum absolute atomic E-state index is 12.4. The van der Waals surface area contributed by atoms with E-state index in [9.17, 15) is 8.42 Å². The van der Waals surface area contributed by atoms with Crippen molar-refractivity contribution in [3.8, 4) is 0 Å². The Labute approximate surface area is 150 Å². The molecule has 1 saturated carbocycles. The van der Waals surface area contributed by atoms with Crippen molar-refractivity contribution < 1.29 is 8.42 Å². The van der Waals surface area contributed by atoms with Crippen LogP contribution in [0, 0.1) is 0 Å². The number of aromatic nitrogens is 1. The summed E-state index contributed by atoms with van der Waals surface area (Å²) in [6.07, 6.45) is 9.30. The number of hydrogen-bond acceptors (Lipinski definition) is 4. The number of nitrogens with one attached hydrogen (secondary N) is 2. The first kappa shape index (κ1) is 18.3. The molecular weight excluding hydrogens is 334 g/mol. The molecule has 0 amide bonds. The Morgan fingerprint density at radius 2 is 1.76 bits per heavy atom. The first-order chi connectivity index (χ1) is 12.1. The zero-order chi connectivity index (χ0) is 17.5. The lowest BCUT2D eigenvalue weighted by Crippen LogP contribution is -2.37. The van der Waals surface area contributed by atoms with Crippen molar-refractivity contribution in [3.63, 3.8) is 0 Å². The fraction of sp³-hybridized carbons (Fsp3) is 0.526. The summed E-state index contributed by atoms with van der Waals surface area (Å²) in [6.45, 7) is 1.11. The van der Waals surface area contributed by atoms with Crippen molar-refractivity contribution in [1.82, 2.24) is 15.0 Å². The van der Waals surface area contributed by atoms with Gasteiger partial charge in [0.05, 0.1) is 11.3 Å². The highest BCUT2D eigenvalue weighted by atomic mass is 32.2. The van der Waals surface area contributed by atoms with Gasteiger partial charge in [-0.25, -0.2) is 13.1 Å². The second-order valence-corrected chi connectivity index (χ2v) is 8.60. The van der Waals surface area contributed by atoms with Crippen molar-refractivity contribution in [2.75, 3.05) is 13.1 Å². The molecular formula is C19H27N3O2S. The minimum atomic E-state index is -3.37. The van der Waals surface area contributed by atoms with Crippen LogP contribution < -0.4 is 10.0 Å². The van der Waals surface area contributed by atoms with Gasteiger partial charge in [-0.1, -0.05) is 49.9 Å². The van der Waals surface area contributed by atoms with Crippen molar-refractivity contribution >= 4 is 20.9 Å². The molecule has 0 radical (unpaired) electrons. The van der Waals surface area contributed by atoms with Gasteiger partial charge in [-0.3, -0.25) is 4.98 Å². The molecule has 6 heteroatoms. The van der Waals surface area contributed by atoms with E-state index in [0.717, 1.165) is 16.5 Å². The van der Waals surface area contributed by atoms with Gasteiger partial charge < -0.3 is 5.32 Å². The summed E-state index contributed by atoms with van der Waals surface area (Å²) in [5.74, 6) is -0.0369. The van der Waals surface area contributed by atoms with Crippen LogP contribution in [0.5, 0.6) is 0 Å². The Kier molecular flexibility index (Phi) is 6.39. The van der Waals surface area contributed by atoms with Crippen LogP contribution in [0.2, 0.25) is 0 Å². The fourth-order valence-corrected chi connectivity index (χ4v) is 4.66. The van der Waals surface area contributed by atoms with E-state index in [1.54, 1.807) is 6.20 Å². The number of hydrogen-bond donors (Lipinski definition) is 2. The Morgan fingerprint density at radius 1 is 1.00 bits per heavy atom. The first-order valence-corrected chi connectivity index (χ1v) is 10.8. The minimum Gasteiger partial charge on any atom is -0.313 e. The van der Waals surface area contributed by atoms with Gasteiger partial charge in [0.2, 0.25) is 10.0 Å². The highest BCUT2D eigenvalue weighted by Crippen LogP contribution is 2.18. The number of benzene rings is 1. The van der Waals surface area contributed by atoms with Crippen molar-refractivity contribution in [2.45, 2.75) is 50.3 Å². The molecule has 1 fully saturated rings. The molecule has 0 spiro atoms. The highest BCUT2D eigenvalue weighted by Gasteiger charge is 2.15. The molecule has 0 unspecified atom stereocenters. The number of sulfonamides is 1. The van der Waals surface area contributed by atoms with Gasteiger partial charge in [-0.05, 0) is 24.5 Å². The highest BCUT2D eigenvalue weighted by molar-refractivity contribution is 7.88. The standard InChI is InChI=1S/C19H27N3O2S/c23-25(24,22-14-13-20-18-10-3-1-2-4-11-18)15-17-8-5-7-16-9-6-12-21-19(16)17/h5-9,12,18,20,22H,1-4,10-11,13-15H2.